The zero-order valence-corrected chi connectivity index (χ0v) is 16.1. The molecule has 9 nitrogen and oxygen atoms in total. The zero-order chi connectivity index (χ0) is 19.8. The van der Waals surface area contributed by atoms with Crippen molar-refractivity contribution in [2.75, 3.05) is 12.9 Å². The first-order valence-corrected chi connectivity index (χ1v) is 9.42. The van der Waals surface area contributed by atoms with Crippen molar-refractivity contribution in [3.63, 3.8) is 0 Å². The Hall–Kier alpha value is -2.72. The molecule has 10 heteroatoms. The minimum Gasteiger partial charge on any atom is -0.394 e. The average Bonchev–Trinajstić information content (AvgIpc) is 2.94. The van der Waals surface area contributed by atoms with Gasteiger partial charge in [0.1, 0.15) is 5.39 Å². The smallest absolute Gasteiger partial charge is 0.278 e. The minimum atomic E-state index is -0.904. The number of aromatic nitrogens is 6. The Morgan fingerprint density at radius 1 is 1.33 bits per heavy atom. The summed E-state index contributed by atoms with van der Waals surface area (Å²) in [6.07, 6.45) is 4.92. The van der Waals surface area contributed by atoms with Crippen LogP contribution in [0.2, 0.25) is 0 Å². The number of fused-ring (bicyclic) bond motifs is 1. The van der Waals surface area contributed by atoms with Crippen molar-refractivity contribution in [3.05, 3.63) is 51.7 Å². The molecule has 0 amide bonds. The van der Waals surface area contributed by atoms with E-state index in [0.717, 1.165) is 0 Å². The molecule has 0 saturated carbocycles. The van der Waals surface area contributed by atoms with Gasteiger partial charge in [-0.2, -0.15) is 0 Å². The molecule has 0 aliphatic rings. The van der Waals surface area contributed by atoms with Crippen LogP contribution in [-0.2, 0) is 12.1 Å². The largest absolute Gasteiger partial charge is 0.394 e. The third kappa shape index (κ3) is 3.21. The van der Waals surface area contributed by atoms with E-state index in [0.29, 0.717) is 22.0 Å². The third-order valence-corrected chi connectivity index (χ3v) is 4.66. The van der Waals surface area contributed by atoms with E-state index in [4.69, 9.17) is 0 Å². The van der Waals surface area contributed by atoms with Gasteiger partial charge in [-0.3, -0.25) is 9.59 Å². The second kappa shape index (κ2) is 7.12. The molecule has 0 unspecified atom stereocenters. The van der Waals surface area contributed by atoms with Gasteiger partial charge in [-0.1, -0.05) is 17.8 Å². The number of thioether (sulfide) groups is 1. The molecule has 0 aliphatic carbocycles. The number of aliphatic hydroxyl groups is 1. The summed E-state index contributed by atoms with van der Waals surface area (Å²) in [4.78, 5) is 33.7. The highest BCUT2D eigenvalue weighted by Gasteiger charge is 2.24. The first kappa shape index (κ1) is 19.1. The van der Waals surface area contributed by atoms with Gasteiger partial charge in [-0.25, -0.2) is 24.0 Å². The Kier molecular flexibility index (Phi) is 5.03. The number of hydrogen-bond donors (Lipinski definition) is 1. The average molecular weight is 388 g/mol. The first-order valence-electron chi connectivity index (χ1n) is 8.19. The van der Waals surface area contributed by atoms with Gasteiger partial charge in [0, 0.05) is 12.3 Å². The topological polar surface area (TPSA) is 108 Å². The van der Waals surface area contributed by atoms with E-state index in [1.54, 1.807) is 24.6 Å². The van der Waals surface area contributed by atoms with Crippen LogP contribution in [0, 0.1) is 0 Å². The molecule has 142 valence electrons. The van der Waals surface area contributed by atoms with Crippen LogP contribution in [-0.4, -0.2) is 47.1 Å². The van der Waals surface area contributed by atoms with Gasteiger partial charge in [-0.15, -0.1) is 11.7 Å². The number of allylic oxidation sites excluding steroid dienone is 1. The van der Waals surface area contributed by atoms with E-state index >= 15 is 0 Å². The fraction of sp³-hybridized carbons (Fsp3) is 0.353. The van der Waals surface area contributed by atoms with Gasteiger partial charge in [0.25, 0.3) is 11.1 Å². The van der Waals surface area contributed by atoms with Crippen molar-refractivity contribution < 1.29 is 5.11 Å². The summed E-state index contributed by atoms with van der Waals surface area (Å²) < 4.78 is 4.18. The molecule has 0 bridgehead atoms. The molecule has 0 spiro atoms. The van der Waals surface area contributed by atoms with Crippen LogP contribution < -0.4 is 11.1 Å². The monoisotopic (exact) mass is 388 g/mol. The maximum atomic E-state index is 12.8. The zero-order valence-electron chi connectivity index (χ0n) is 15.3. The van der Waals surface area contributed by atoms with E-state index in [-0.39, 0.29) is 24.3 Å². The van der Waals surface area contributed by atoms with E-state index in [1.165, 1.54) is 39.5 Å². The third-order valence-electron chi connectivity index (χ3n) is 4.10. The summed E-state index contributed by atoms with van der Waals surface area (Å²) in [6.45, 7) is 7.05. The van der Waals surface area contributed by atoms with E-state index in [9.17, 15) is 14.7 Å². The van der Waals surface area contributed by atoms with Crippen molar-refractivity contribution in [1.29, 1.82) is 0 Å². The van der Waals surface area contributed by atoms with Gasteiger partial charge in [-0.05, 0) is 26.2 Å². The molecule has 27 heavy (non-hydrogen) atoms. The molecule has 0 saturated heterocycles. The standard InChI is InChI=1S/C17H20N6O3S/c1-5-8-21-15(26)11-9-18-16(27-4)19-14(11)22(21)12-6-7-13(25)23(20-12)17(2,3)10-24/h5-7,9,24H,1,8,10H2,2-4H3. The predicted molar refractivity (Wildman–Crippen MR) is 104 cm³/mol. The molecule has 1 N–H and O–H groups in total. The maximum absolute atomic E-state index is 12.8. The Balaban J connectivity index is 2.38. The number of hydrogen-bond acceptors (Lipinski definition) is 7. The molecule has 0 aliphatic heterocycles. The van der Waals surface area contributed by atoms with Crippen LogP contribution in [0.25, 0.3) is 16.9 Å². The lowest BCUT2D eigenvalue weighted by molar-refractivity contribution is 0.146. The number of rotatable bonds is 6. The highest BCUT2D eigenvalue weighted by Crippen LogP contribution is 2.18. The number of nitrogens with zero attached hydrogens (tertiary/aromatic N) is 6. The number of aliphatic hydroxyl groups excluding tert-OH is 1. The molecule has 3 aromatic rings. The summed E-state index contributed by atoms with van der Waals surface area (Å²) in [5.41, 5.74) is -1.15. The summed E-state index contributed by atoms with van der Waals surface area (Å²) in [5, 5.41) is 14.9. The predicted octanol–water partition coefficient (Wildman–Crippen LogP) is 0.774. The fourth-order valence-electron chi connectivity index (χ4n) is 2.65. The van der Waals surface area contributed by atoms with Crippen molar-refractivity contribution in [1.82, 2.24) is 29.1 Å². The Bertz CT molecular complexity index is 1130. The van der Waals surface area contributed by atoms with Crippen LogP contribution in [0.4, 0.5) is 0 Å². The second-order valence-electron chi connectivity index (χ2n) is 6.49. The Labute approximate surface area is 159 Å². The highest BCUT2D eigenvalue weighted by molar-refractivity contribution is 7.98. The SMILES string of the molecule is C=CCn1c(=O)c2cnc(SC)nc2n1-c1ccc(=O)n(C(C)(C)CO)n1. The molecule has 0 aromatic carbocycles. The van der Waals surface area contributed by atoms with Crippen LogP contribution >= 0.6 is 11.8 Å². The summed E-state index contributed by atoms with van der Waals surface area (Å²) in [7, 11) is 0. The Morgan fingerprint density at radius 3 is 2.70 bits per heavy atom. The Morgan fingerprint density at radius 2 is 2.07 bits per heavy atom. The molecule has 0 atom stereocenters. The molecular formula is C17H20N6O3S. The molecule has 3 heterocycles. The van der Waals surface area contributed by atoms with Gasteiger partial charge < -0.3 is 5.11 Å². The van der Waals surface area contributed by atoms with Crippen LogP contribution in [0.15, 0.2) is 45.7 Å². The van der Waals surface area contributed by atoms with E-state index < -0.39 is 5.54 Å². The lowest BCUT2D eigenvalue weighted by atomic mass is 10.1. The van der Waals surface area contributed by atoms with E-state index in [2.05, 4.69) is 21.6 Å². The molecule has 0 radical (unpaired) electrons. The van der Waals surface area contributed by atoms with Gasteiger partial charge >= 0.3 is 0 Å². The van der Waals surface area contributed by atoms with Gasteiger partial charge in [0.2, 0.25) is 0 Å². The van der Waals surface area contributed by atoms with E-state index in [1.807, 2.05) is 6.26 Å². The van der Waals surface area contributed by atoms with Crippen molar-refractivity contribution >= 4 is 22.8 Å². The molecule has 3 aromatic heterocycles. The molecule has 0 fully saturated rings. The van der Waals surface area contributed by atoms with Crippen molar-refractivity contribution in [2.45, 2.75) is 31.1 Å². The first-order chi connectivity index (χ1) is 12.8. The lowest BCUT2D eigenvalue weighted by Crippen LogP contribution is -2.41. The second-order valence-corrected chi connectivity index (χ2v) is 7.27. The quantitative estimate of drug-likeness (QED) is 0.377. The normalized spacial score (nSPS) is 11.9. The lowest BCUT2D eigenvalue weighted by Gasteiger charge is -2.24. The van der Waals surface area contributed by atoms with Gasteiger partial charge in [0.15, 0.2) is 16.6 Å². The van der Waals surface area contributed by atoms with Crippen LogP contribution in [0.3, 0.4) is 0 Å². The maximum Gasteiger partial charge on any atom is 0.278 e. The molecule has 3 rings (SSSR count). The van der Waals surface area contributed by atoms with Crippen molar-refractivity contribution in [3.8, 4) is 5.82 Å². The van der Waals surface area contributed by atoms with Gasteiger partial charge in [0.05, 0.1) is 18.7 Å². The minimum absolute atomic E-state index is 0.230. The van der Waals surface area contributed by atoms with Crippen LogP contribution in [0.5, 0.6) is 0 Å². The summed E-state index contributed by atoms with van der Waals surface area (Å²) in [5.74, 6) is 0.329. The van der Waals surface area contributed by atoms with Crippen LogP contribution in [0.1, 0.15) is 13.8 Å². The fourth-order valence-corrected chi connectivity index (χ4v) is 2.98. The molecular weight excluding hydrogens is 368 g/mol. The van der Waals surface area contributed by atoms with Crippen molar-refractivity contribution in [2.24, 2.45) is 0 Å². The summed E-state index contributed by atoms with van der Waals surface area (Å²) in [6, 6.07) is 2.87. The highest BCUT2D eigenvalue weighted by atomic mass is 32.2. The summed E-state index contributed by atoms with van der Waals surface area (Å²) >= 11 is 1.35.